The molecule has 0 aromatic rings. The van der Waals surface area contributed by atoms with Crippen molar-refractivity contribution in [2.75, 3.05) is 26.7 Å². The lowest BCUT2D eigenvalue weighted by Gasteiger charge is -2.28. The van der Waals surface area contributed by atoms with Gasteiger partial charge in [0.25, 0.3) is 0 Å². The number of carbonyl (C=O) groups is 1. The van der Waals surface area contributed by atoms with Crippen molar-refractivity contribution in [1.82, 2.24) is 15.5 Å². The number of hydrogen-bond acceptors (Lipinski definition) is 3. The van der Waals surface area contributed by atoms with Crippen molar-refractivity contribution in [3.05, 3.63) is 0 Å². The number of ether oxygens (including phenoxy) is 1. The van der Waals surface area contributed by atoms with Crippen LogP contribution in [0.25, 0.3) is 0 Å². The fraction of sp³-hybridized carbons (Fsp3) is 0.882. The molecule has 0 aliphatic rings. The molecule has 0 heterocycles. The number of carbonyl (C=O) groups excluding carboxylic acids is 1. The highest BCUT2D eigenvalue weighted by molar-refractivity contribution is 5.79. The van der Waals surface area contributed by atoms with Crippen LogP contribution in [0.4, 0.5) is 4.79 Å². The first-order valence-corrected chi connectivity index (χ1v) is 8.59. The molecular weight excluding hydrogens is 292 g/mol. The molecular formula is C17H36N4O2. The predicted molar refractivity (Wildman–Crippen MR) is 96.9 cm³/mol. The Morgan fingerprint density at radius 1 is 1.26 bits per heavy atom. The van der Waals surface area contributed by atoms with Crippen molar-refractivity contribution < 1.29 is 9.53 Å². The van der Waals surface area contributed by atoms with E-state index in [0.29, 0.717) is 5.92 Å². The van der Waals surface area contributed by atoms with Crippen molar-refractivity contribution >= 4 is 12.1 Å². The van der Waals surface area contributed by atoms with Gasteiger partial charge in [0.1, 0.15) is 5.60 Å². The third-order valence-corrected chi connectivity index (χ3v) is 3.29. The Balaban J connectivity index is 4.59. The molecule has 0 spiro atoms. The van der Waals surface area contributed by atoms with Crippen LogP contribution in [-0.4, -0.2) is 55.3 Å². The van der Waals surface area contributed by atoms with Crippen molar-refractivity contribution in [2.24, 2.45) is 10.9 Å². The molecule has 1 atom stereocenters. The lowest BCUT2D eigenvalue weighted by molar-refractivity contribution is 0.0486. The van der Waals surface area contributed by atoms with Crippen LogP contribution in [0, 0.1) is 5.92 Å². The number of nitrogens with zero attached hydrogens (tertiary/aromatic N) is 2. The van der Waals surface area contributed by atoms with Crippen LogP contribution >= 0.6 is 0 Å². The molecule has 136 valence electrons. The number of amides is 1. The van der Waals surface area contributed by atoms with Crippen LogP contribution in [0.5, 0.6) is 0 Å². The van der Waals surface area contributed by atoms with E-state index in [1.807, 2.05) is 34.7 Å². The monoisotopic (exact) mass is 328 g/mol. The Hall–Kier alpha value is -1.46. The van der Waals surface area contributed by atoms with Gasteiger partial charge in [-0.1, -0.05) is 13.8 Å². The molecule has 6 heteroatoms. The second kappa shape index (κ2) is 10.3. The predicted octanol–water partition coefficient (Wildman–Crippen LogP) is 2.84. The maximum absolute atomic E-state index is 12.0. The highest BCUT2D eigenvalue weighted by Crippen LogP contribution is 2.11. The van der Waals surface area contributed by atoms with Gasteiger partial charge in [-0.3, -0.25) is 4.99 Å². The number of rotatable bonds is 7. The lowest BCUT2D eigenvalue weighted by Crippen LogP contribution is -2.45. The minimum absolute atomic E-state index is 0.0665. The van der Waals surface area contributed by atoms with Gasteiger partial charge in [0.05, 0.1) is 0 Å². The SMILES string of the molecule is CCN=C(NCC)N(C)CCC(NC(=O)OC(C)(C)C)C(C)C. The highest BCUT2D eigenvalue weighted by atomic mass is 16.6. The molecule has 1 unspecified atom stereocenters. The number of nitrogens with one attached hydrogen (secondary N) is 2. The van der Waals surface area contributed by atoms with E-state index in [1.165, 1.54) is 0 Å². The average molecular weight is 329 g/mol. The van der Waals surface area contributed by atoms with E-state index in [9.17, 15) is 4.79 Å². The van der Waals surface area contributed by atoms with Crippen LogP contribution in [0.2, 0.25) is 0 Å². The van der Waals surface area contributed by atoms with Gasteiger partial charge in [0.15, 0.2) is 5.96 Å². The van der Waals surface area contributed by atoms with E-state index < -0.39 is 5.60 Å². The van der Waals surface area contributed by atoms with Gasteiger partial charge >= 0.3 is 6.09 Å². The number of alkyl carbamates (subject to hydrolysis) is 1. The molecule has 0 saturated carbocycles. The van der Waals surface area contributed by atoms with Crippen molar-refractivity contribution in [3.8, 4) is 0 Å². The van der Waals surface area contributed by atoms with E-state index >= 15 is 0 Å². The van der Waals surface area contributed by atoms with Gasteiger partial charge in [0, 0.05) is 32.7 Å². The number of hydrogen-bond donors (Lipinski definition) is 2. The van der Waals surface area contributed by atoms with E-state index in [2.05, 4.69) is 41.3 Å². The summed E-state index contributed by atoms with van der Waals surface area (Å²) in [5.74, 6) is 1.23. The highest BCUT2D eigenvalue weighted by Gasteiger charge is 2.22. The standard InChI is InChI=1S/C17H36N4O2/c1-9-18-15(19-10-2)21(8)12-11-14(13(3)4)20-16(22)23-17(5,6)7/h13-14H,9-12H2,1-8H3,(H,18,19)(H,20,22). The first-order chi connectivity index (χ1) is 10.6. The third kappa shape index (κ3) is 10.0. The lowest BCUT2D eigenvalue weighted by atomic mass is 10.0. The van der Waals surface area contributed by atoms with Crippen LogP contribution in [0.3, 0.4) is 0 Å². The van der Waals surface area contributed by atoms with Crippen LogP contribution in [0.15, 0.2) is 4.99 Å². The second-order valence-electron chi connectivity index (χ2n) is 7.04. The maximum Gasteiger partial charge on any atom is 0.407 e. The second-order valence-corrected chi connectivity index (χ2v) is 7.04. The summed E-state index contributed by atoms with van der Waals surface area (Å²) in [5, 5.41) is 6.26. The van der Waals surface area contributed by atoms with Crippen molar-refractivity contribution in [2.45, 2.75) is 66.5 Å². The van der Waals surface area contributed by atoms with Gasteiger partial charge in [-0.2, -0.15) is 0 Å². The molecule has 6 nitrogen and oxygen atoms in total. The third-order valence-electron chi connectivity index (χ3n) is 3.29. The molecule has 0 aliphatic heterocycles. The summed E-state index contributed by atoms with van der Waals surface area (Å²) in [4.78, 5) is 18.5. The molecule has 0 aromatic carbocycles. The average Bonchev–Trinajstić information content (AvgIpc) is 2.40. The summed E-state index contributed by atoms with van der Waals surface area (Å²) < 4.78 is 5.35. The zero-order valence-corrected chi connectivity index (χ0v) is 16.2. The molecule has 0 aromatic heterocycles. The minimum Gasteiger partial charge on any atom is -0.444 e. The molecule has 0 fully saturated rings. The van der Waals surface area contributed by atoms with E-state index in [1.54, 1.807) is 0 Å². The molecule has 0 bridgehead atoms. The normalized spacial score (nSPS) is 13.7. The smallest absolute Gasteiger partial charge is 0.407 e. The Morgan fingerprint density at radius 3 is 2.30 bits per heavy atom. The van der Waals surface area contributed by atoms with Crippen LogP contribution < -0.4 is 10.6 Å². The fourth-order valence-corrected chi connectivity index (χ4v) is 2.09. The fourth-order valence-electron chi connectivity index (χ4n) is 2.09. The Kier molecular flexibility index (Phi) is 9.68. The summed E-state index contributed by atoms with van der Waals surface area (Å²) >= 11 is 0. The van der Waals surface area contributed by atoms with E-state index in [-0.39, 0.29) is 12.1 Å². The van der Waals surface area contributed by atoms with Crippen molar-refractivity contribution in [3.63, 3.8) is 0 Å². The summed E-state index contributed by atoms with van der Waals surface area (Å²) in [5.41, 5.74) is -0.478. The summed E-state index contributed by atoms with van der Waals surface area (Å²) in [6, 6.07) is 0.0665. The minimum atomic E-state index is -0.478. The zero-order valence-electron chi connectivity index (χ0n) is 16.2. The summed E-state index contributed by atoms with van der Waals surface area (Å²) in [6.45, 7) is 16.3. The van der Waals surface area contributed by atoms with Crippen LogP contribution in [-0.2, 0) is 4.74 Å². The quantitative estimate of drug-likeness (QED) is 0.557. The summed E-state index contributed by atoms with van der Waals surface area (Å²) in [7, 11) is 2.02. The number of guanidine groups is 1. The number of aliphatic imine (C=N–C) groups is 1. The molecule has 0 rings (SSSR count). The molecule has 0 radical (unpaired) electrons. The Bertz CT molecular complexity index is 375. The molecule has 23 heavy (non-hydrogen) atoms. The molecule has 2 N–H and O–H groups in total. The first kappa shape index (κ1) is 21.5. The summed E-state index contributed by atoms with van der Waals surface area (Å²) in [6.07, 6.45) is 0.481. The first-order valence-electron chi connectivity index (χ1n) is 8.59. The Labute approximate surface area is 142 Å². The molecule has 0 saturated heterocycles. The van der Waals surface area contributed by atoms with Gasteiger partial charge in [0.2, 0.25) is 0 Å². The van der Waals surface area contributed by atoms with E-state index in [0.717, 1.165) is 32.0 Å². The largest absolute Gasteiger partial charge is 0.444 e. The van der Waals surface area contributed by atoms with Gasteiger partial charge in [-0.25, -0.2) is 4.79 Å². The Morgan fingerprint density at radius 2 is 1.87 bits per heavy atom. The zero-order chi connectivity index (χ0) is 18.0. The molecule has 0 aliphatic carbocycles. The van der Waals surface area contributed by atoms with Gasteiger partial charge in [-0.05, 0) is 47.0 Å². The van der Waals surface area contributed by atoms with Gasteiger partial charge in [-0.15, -0.1) is 0 Å². The van der Waals surface area contributed by atoms with E-state index in [4.69, 9.17) is 4.74 Å². The molecule has 1 amide bonds. The van der Waals surface area contributed by atoms with Crippen molar-refractivity contribution in [1.29, 1.82) is 0 Å². The maximum atomic E-state index is 12.0. The van der Waals surface area contributed by atoms with Crippen LogP contribution in [0.1, 0.15) is 54.9 Å². The topological polar surface area (TPSA) is 66.0 Å². The van der Waals surface area contributed by atoms with Gasteiger partial charge < -0.3 is 20.3 Å².